The summed E-state index contributed by atoms with van der Waals surface area (Å²) in [5.74, 6) is 1.12. The maximum absolute atomic E-state index is 12.8. The molecule has 158 valence electrons. The van der Waals surface area contributed by atoms with Crippen LogP contribution < -0.4 is 14.9 Å². The first kappa shape index (κ1) is 19.9. The van der Waals surface area contributed by atoms with Gasteiger partial charge in [-0.3, -0.25) is 4.79 Å². The molecule has 0 unspecified atom stereocenters. The molecule has 0 amide bonds. The summed E-state index contributed by atoms with van der Waals surface area (Å²) in [7, 11) is 0. The average molecular weight is 445 g/mol. The van der Waals surface area contributed by atoms with Crippen molar-refractivity contribution in [2.45, 2.75) is 6.61 Å². The SMILES string of the molecule is O=c1c(Oc2cccc(Cl)c2)coc2cc(OCc3cnn(-c4ccccc4)c3)ccc12. The Morgan fingerprint density at radius 1 is 0.969 bits per heavy atom. The van der Waals surface area contributed by atoms with Crippen LogP contribution in [-0.2, 0) is 6.61 Å². The van der Waals surface area contributed by atoms with E-state index in [9.17, 15) is 4.79 Å². The van der Waals surface area contributed by atoms with Crippen LogP contribution >= 0.6 is 11.6 Å². The van der Waals surface area contributed by atoms with Crippen LogP contribution in [-0.4, -0.2) is 9.78 Å². The van der Waals surface area contributed by atoms with Crippen molar-refractivity contribution in [1.29, 1.82) is 0 Å². The van der Waals surface area contributed by atoms with E-state index in [1.807, 2.05) is 36.5 Å². The van der Waals surface area contributed by atoms with Gasteiger partial charge in [-0.1, -0.05) is 35.9 Å². The molecule has 0 fully saturated rings. The molecule has 3 aromatic carbocycles. The highest BCUT2D eigenvalue weighted by Crippen LogP contribution is 2.26. The van der Waals surface area contributed by atoms with Gasteiger partial charge in [0.1, 0.15) is 30.0 Å². The lowest BCUT2D eigenvalue weighted by Crippen LogP contribution is -2.05. The molecule has 5 rings (SSSR count). The van der Waals surface area contributed by atoms with E-state index >= 15 is 0 Å². The summed E-state index contributed by atoms with van der Waals surface area (Å²) in [6.45, 7) is 0.332. The van der Waals surface area contributed by atoms with Gasteiger partial charge in [-0.2, -0.15) is 5.10 Å². The Hall–Kier alpha value is -4.03. The highest BCUT2D eigenvalue weighted by atomic mass is 35.5. The highest BCUT2D eigenvalue weighted by molar-refractivity contribution is 6.30. The second-order valence-corrected chi connectivity index (χ2v) is 7.50. The van der Waals surface area contributed by atoms with Crippen molar-refractivity contribution in [1.82, 2.24) is 9.78 Å². The van der Waals surface area contributed by atoms with E-state index in [1.165, 1.54) is 6.26 Å². The Labute approximate surface area is 188 Å². The quantitative estimate of drug-likeness (QED) is 0.321. The van der Waals surface area contributed by atoms with E-state index in [2.05, 4.69) is 5.10 Å². The number of para-hydroxylation sites is 1. The molecule has 7 heteroatoms. The summed E-state index contributed by atoms with van der Waals surface area (Å²) < 4.78 is 18.9. The normalized spacial score (nSPS) is 10.9. The van der Waals surface area contributed by atoms with Gasteiger partial charge in [0.15, 0.2) is 0 Å². The number of hydrogen-bond donors (Lipinski definition) is 0. The van der Waals surface area contributed by atoms with Crippen molar-refractivity contribution < 1.29 is 13.9 Å². The molecule has 0 aliphatic rings. The largest absolute Gasteiger partial charge is 0.489 e. The van der Waals surface area contributed by atoms with Crippen molar-refractivity contribution in [3.8, 4) is 22.9 Å². The molecule has 0 aliphatic heterocycles. The van der Waals surface area contributed by atoms with Crippen molar-refractivity contribution in [2.75, 3.05) is 0 Å². The van der Waals surface area contributed by atoms with Gasteiger partial charge in [0.2, 0.25) is 11.2 Å². The fourth-order valence-corrected chi connectivity index (χ4v) is 3.41. The van der Waals surface area contributed by atoms with Gasteiger partial charge in [-0.15, -0.1) is 0 Å². The van der Waals surface area contributed by atoms with Crippen molar-refractivity contribution >= 4 is 22.6 Å². The Balaban J connectivity index is 1.32. The van der Waals surface area contributed by atoms with Gasteiger partial charge in [-0.05, 0) is 42.5 Å². The first-order valence-corrected chi connectivity index (χ1v) is 10.2. The predicted molar refractivity (Wildman–Crippen MR) is 122 cm³/mol. The number of ether oxygens (including phenoxy) is 2. The maximum Gasteiger partial charge on any atom is 0.235 e. The third kappa shape index (κ3) is 4.22. The van der Waals surface area contributed by atoms with Crippen molar-refractivity contribution in [3.63, 3.8) is 0 Å². The fraction of sp³-hybridized carbons (Fsp3) is 0.0400. The molecular formula is C25H17ClN2O4. The van der Waals surface area contributed by atoms with Gasteiger partial charge in [-0.25, -0.2) is 4.68 Å². The van der Waals surface area contributed by atoms with Crippen molar-refractivity contribution in [3.05, 3.63) is 112 Å². The zero-order valence-electron chi connectivity index (χ0n) is 16.8. The number of benzene rings is 3. The third-order valence-corrected chi connectivity index (χ3v) is 5.04. The Bertz CT molecular complexity index is 1440. The molecule has 5 aromatic rings. The highest BCUT2D eigenvalue weighted by Gasteiger charge is 2.11. The molecular weight excluding hydrogens is 428 g/mol. The number of rotatable bonds is 6. The van der Waals surface area contributed by atoms with Crippen LogP contribution in [0.1, 0.15) is 5.56 Å². The Kier molecular flexibility index (Phi) is 5.35. The lowest BCUT2D eigenvalue weighted by atomic mass is 10.2. The maximum atomic E-state index is 12.8. The minimum absolute atomic E-state index is 0.0850. The van der Waals surface area contributed by atoms with E-state index in [4.69, 9.17) is 25.5 Å². The van der Waals surface area contributed by atoms with Gasteiger partial charge in [0.25, 0.3) is 0 Å². The number of hydrogen-bond acceptors (Lipinski definition) is 5. The van der Waals surface area contributed by atoms with Crippen LogP contribution in [0.5, 0.6) is 17.2 Å². The average Bonchev–Trinajstić information content (AvgIpc) is 3.29. The van der Waals surface area contributed by atoms with Crippen LogP contribution in [0.2, 0.25) is 5.02 Å². The van der Waals surface area contributed by atoms with Gasteiger partial charge < -0.3 is 13.9 Å². The van der Waals surface area contributed by atoms with Gasteiger partial charge >= 0.3 is 0 Å². The molecule has 0 bridgehead atoms. The van der Waals surface area contributed by atoms with Gasteiger partial charge in [0, 0.05) is 22.8 Å². The molecule has 0 atom stereocenters. The molecule has 2 heterocycles. The molecule has 0 saturated heterocycles. The summed E-state index contributed by atoms with van der Waals surface area (Å²) in [6, 6.07) is 21.7. The smallest absolute Gasteiger partial charge is 0.235 e. The zero-order valence-corrected chi connectivity index (χ0v) is 17.5. The van der Waals surface area contributed by atoms with Crippen LogP contribution in [0, 0.1) is 0 Å². The summed E-state index contributed by atoms with van der Waals surface area (Å²) in [6.07, 6.45) is 4.96. The lowest BCUT2D eigenvalue weighted by Gasteiger charge is -2.08. The molecule has 0 aliphatic carbocycles. The van der Waals surface area contributed by atoms with Crippen LogP contribution in [0.15, 0.2) is 101 Å². The zero-order chi connectivity index (χ0) is 21.9. The molecule has 2 aromatic heterocycles. The lowest BCUT2D eigenvalue weighted by molar-refractivity contribution is 0.306. The Morgan fingerprint density at radius 3 is 2.69 bits per heavy atom. The number of halogens is 1. The molecule has 0 N–H and O–H groups in total. The monoisotopic (exact) mass is 444 g/mol. The summed E-state index contributed by atoms with van der Waals surface area (Å²) in [5, 5.41) is 5.28. The molecule has 0 saturated carbocycles. The van der Waals surface area contributed by atoms with Crippen LogP contribution in [0.3, 0.4) is 0 Å². The fourth-order valence-electron chi connectivity index (χ4n) is 3.23. The summed E-state index contributed by atoms with van der Waals surface area (Å²) in [4.78, 5) is 12.8. The topological polar surface area (TPSA) is 66.5 Å². The van der Waals surface area contributed by atoms with Crippen LogP contribution in [0.25, 0.3) is 16.7 Å². The van der Waals surface area contributed by atoms with Crippen molar-refractivity contribution in [2.24, 2.45) is 0 Å². The number of nitrogens with zero attached hydrogens (tertiary/aromatic N) is 2. The first-order valence-electron chi connectivity index (χ1n) is 9.86. The first-order chi connectivity index (χ1) is 15.7. The number of fused-ring (bicyclic) bond motifs is 1. The molecule has 32 heavy (non-hydrogen) atoms. The summed E-state index contributed by atoms with van der Waals surface area (Å²) in [5.41, 5.74) is 2.02. The number of aromatic nitrogens is 2. The van der Waals surface area contributed by atoms with E-state index in [1.54, 1.807) is 53.3 Å². The predicted octanol–water partition coefficient (Wildman–Crippen LogP) is 6.00. The molecule has 0 radical (unpaired) electrons. The van der Waals surface area contributed by atoms with Gasteiger partial charge in [0.05, 0.1) is 17.3 Å². The standard InChI is InChI=1S/C25H17ClN2O4/c26-18-5-4-8-21(11-18)32-24-16-31-23-12-20(9-10-22(23)25(24)29)30-15-17-13-27-28(14-17)19-6-2-1-3-7-19/h1-14,16H,15H2. The Morgan fingerprint density at radius 2 is 1.84 bits per heavy atom. The minimum atomic E-state index is -0.276. The molecule has 6 nitrogen and oxygen atoms in total. The van der Waals surface area contributed by atoms with E-state index in [-0.39, 0.29) is 11.2 Å². The minimum Gasteiger partial charge on any atom is -0.489 e. The molecule has 0 spiro atoms. The summed E-state index contributed by atoms with van der Waals surface area (Å²) >= 11 is 5.97. The third-order valence-electron chi connectivity index (χ3n) is 4.80. The van der Waals surface area contributed by atoms with E-state index in [0.717, 1.165) is 11.3 Å². The van der Waals surface area contributed by atoms with E-state index < -0.39 is 0 Å². The van der Waals surface area contributed by atoms with Crippen LogP contribution in [0.4, 0.5) is 0 Å². The second-order valence-electron chi connectivity index (χ2n) is 7.06. The second kappa shape index (κ2) is 8.61. The van der Waals surface area contributed by atoms with E-state index in [0.29, 0.717) is 34.1 Å².